The number of anilines is 1. The van der Waals surface area contributed by atoms with Crippen LogP contribution in [0.15, 0.2) is 54.6 Å². The Morgan fingerprint density at radius 1 is 0.963 bits per heavy atom. The highest BCUT2D eigenvalue weighted by molar-refractivity contribution is 5.96. The SMILES string of the molecule is CC(C)c1ccc(N2CCN(CC(=O)NC(C)c3ccccc3)C2=O)cc1. The maximum atomic E-state index is 12.7. The number of urea groups is 1. The summed E-state index contributed by atoms with van der Waals surface area (Å²) in [5, 5.41) is 2.97. The molecule has 1 unspecified atom stereocenters. The Hall–Kier alpha value is -2.82. The van der Waals surface area contributed by atoms with Crippen molar-refractivity contribution >= 4 is 17.6 Å². The summed E-state index contributed by atoms with van der Waals surface area (Å²) in [6.45, 7) is 7.47. The summed E-state index contributed by atoms with van der Waals surface area (Å²) in [6.07, 6.45) is 0. The van der Waals surface area contributed by atoms with Crippen LogP contribution in [0, 0.1) is 0 Å². The molecule has 1 fully saturated rings. The Labute approximate surface area is 161 Å². The third-order valence-electron chi connectivity index (χ3n) is 4.98. The smallest absolute Gasteiger partial charge is 0.325 e. The van der Waals surface area contributed by atoms with Gasteiger partial charge in [0.15, 0.2) is 0 Å². The Bertz CT molecular complexity index is 787. The zero-order valence-electron chi connectivity index (χ0n) is 16.2. The maximum Gasteiger partial charge on any atom is 0.325 e. The average Bonchev–Trinajstić information content (AvgIpc) is 3.02. The summed E-state index contributed by atoms with van der Waals surface area (Å²) >= 11 is 0. The third kappa shape index (κ3) is 4.48. The van der Waals surface area contributed by atoms with Gasteiger partial charge < -0.3 is 10.2 Å². The monoisotopic (exact) mass is 365 g/mol. The number of hydrogen-bond donors (Lipinski definition) is 1. The van der Waals surface area contributed by atoms with E-state index in [9.17, 15) is 9.59 Å². The number of nitrogens with zero attached hydrogens (tertiary/aromatic N) is 2. The van der Waals surface area contributed by atoms with Gasteiger partial charge in [-0.15, -0.1) is 0 Å². The van der Waals surface area contributed by atoms with E-state index in [-0.39, 0.29) is 24.5 Å². The molecular weight excluding hydrogens is 338 g/mol. The quantitative estimate of drug-likeness (QED) is 0.843. The van der Waals surface area contributed by atoms with E-state index in [1.54, 1.807) is 9.80 Å². The standard InChI is InChI=1S/C22H27N3O2/c1-16(2)18-9-11-20(12-10-18)25-14-13-24(22(25)27)15-21(26)23-17(3)19-7-5-4-6-8-19/h4-12,16-17H,13-15H2,1-3H3,(H,23,26). The van der Waals surface area contributed by atoms with Crippen molar-refractivity contribution in [2.75, 3.05) is 24.5 Å². The number of benzene rings is 2. The van der Waals surface area contributed by atoms with Gasteiger partial charge in [0.05, 0.1) is 6.04 Å². The van der Waals surface area contributed by atoms with Crippen molar-refractivity contribution in [1.29, 1.82) is 0 Å². The van der Waals surface area contributed by atoms with Crippen molar-refractivity contribution in [2.45, 2.75) is 32.7 Å². The van der Waals surface area contributed by atoms with E-state index in [1.165, 1.54) is 5.56 Å². The van der Waals surface area contributed by atoms with Crippen LogP contribution in [0.25, 0.3) is 0 Å². The van der Waals surface area contributed by atoms with Crippen LogP contribution in [0.1, 0.15) is 43.9 Å². The lowest BCUT2D eigenvalue weighted by Gasteiger charge is -2.20. The molecule has 0 aliphatic carbocycles. The Morgan fingerprint density at radius 2 is 1.63 bits per heavy atom. The van der Waals surface area contributed by atoms with E-state index in [0.29, 0.717) is 19.0 Å². The molecule has 2 aromatic rings. The van der Waals surface area contributed by atoms with Gasteiger partial charge in [-0.25, -0.2) is 4.79 Å². The van der Waals surface area contributed by atoms with Crippen molar-refractivity contribution in [3.05, 3.63) is 65.7 Å². The Balaban J connectivity index is 1.57. The highest BCUT2D eigenvalue weighted by atomic mass is 16.2. The molecular formula is C22H27N3O2. The molecule has 2 aromatic carbocycles. The zero-order valence-corrected chi connectivity index (χ0v) is 16.2. The molecule has 3 amide bonds. The average molecular weight is 365 g/mol. The van der Waals surface area contributed by atoms with Crippen LogP contribution < -0.4 is 10.2 Å². The van der Waals surface area contributed by atoms with Crippen molar-refractivity contribution in [1.82, 2.24) is 10.2 Å². The van der Waals surface area contributed by atoms with Gasteiger partial charge in [0.1, 0.15) is 6.54 Å². The van der Waals surface area contributed by atoms with Crippen LogP contribution in [-0.4, -0.2) is 36.5 Å². The molecule has 0 radical (unpaired) electrons. The largest absolute Gasteiger partial charge is 0.348 e. The van der Waals surface area contributed by atoms with E-state index >= 15 is 0 Å². The molecule has 142 valence electrons. The molecule has 1 saturated heterocycles. The molecule has 1 heterocycles. The number of hydrogen-bond acceptors (Lipinski definition) is 2. The summed E-state index contributed by atoms with van der Waals surface area (Å²) < 4.78 is 0. The lowest BCUT2D eigenvalue weighted by molar-refractivity contribution is -0.122. The summed E-state index contributed by atoms with van der Waals surface area (Å²) in [5.41, 5.74) is 3.17. The lowest BCUT2D eigenvalue weighted by Crippen LogP contribution is -2.40. The Kier molecular flexibility index (Phi) is 5.79. The fraction of sp³-hybridized carbons (Fsp3) is 0.364. The normalized spacial score (nSPS) is 15.3. The number of amides is 3. The van der Waals surface area contributed by atoms with Crippen molar-refractivity contribution in [2.24, 2.45) is 0 Å². The molecule has 0 saturated carbocycles. The second-order valence-electron chi connectivity index (χ2n) is 7.30. The number of nitrogens with one attached hydrogen (secondary N) is 1. The van der Waals surface area contributed by atoms with Crippen LogP contribution in [0.2, 0.25) is 0 Å². The van der Waals surface area contributed by atoms with Gasteiger partial charge in [0.2, 0.25) is 5.91 Å². The van der Waals surface area contributed by atoms with Crippen LogP contribution in [0.3, 0.4) is 0 Å². The van der Waals surface area contributed by atoms with Crippen molar-refractivity contribution < 1.29 is 9.59 Å². The minimum Gasteiger partial charge on any atom is -0.348 e. The molecule has 1 atom stereocenters. The Morgan fingerprint density at radius 3 is 2.26 bits per heavy atom. The topological polar surface area (TPSA) is 52.6 Å². The van der Waals surface area contributed by atoms with E-state index < -0.39 is 0 Å². The first-order chi connectivity index (χ1) is 13.0. The van der Waals surface area contributed by atoms with Gasteiger partial charge in [-0.1, -0.05) is 56.3 Å². The summed E-state index contributed by atoms with van der Waals surface area (Å²) in [5.74, 6) is 0.317. The van der Waals surface area contributed by atoms with Crippen LogP contribution in [-0.2, 0) is 4.79 Å². The summed E-state index contributed by atoms with van der Waals surface area (Å²) in [7, 11) is 0. The highest BCUT2D eigenvalue weighted by Crippen LogP contribution is 2.23. The van der Waals surface area contributed by atoms with Gasteiger partial charge in [-0.2, -0.15) is 0 Å². The zero-order chi connectivity index (χ0) is 19.4. The number of carbonyl (C=O) groups excluding carboxylic acids is 2. The highest BCUT2D eigenvalue weighted by Gasteiger charge is 2.31. The van der Waals surface area contributed by atoms with Crippen LogP contribution in [0.4, 0.5) is 10.5 Å². The van der Waals surface area contributed by atoms with E-state index in [0.717, 1.165) is 11.3 Å². The lowest BCUT2D eigenvalue weighted by atomic mass is 10.0. The van der Waals surface area contributed by atoms with E-state index in [2.05, 4.69) is 31.3 Å². The van der Waals surface area contributed by atoms with Gasteiger partial charge in [0, 0.05) is 18.8 Å². The molecule has 5 nitrogen and oxygen atoms in total. The molecule has 1 aliphatic heterocycles. The number of rotatable bonds is 6. The van der Waals surface area contributed by atoms with Crippen LogP contribution >= 0.6 is 0 Å². The number of carbonyl (C=O) groups is 2. The predicted molar refractivity (Wildman–Crippen MR) is 108 cm³/mol. The summed E-state index contributed by atoms with van der Waals surface area (Å²) in [4.78, 5) is 28.4. The summed E-state index contributed by atoms with van der Waals surface area (Å²) in [6, 6.07) is 17.7. The molecule has 1 aliphatic rings. The predicted octanol–water partition coefficient (Wildman–Crippen LogP) is 3.93. The second-order valence-corrected chi connectivity index (χ2v) is 7.30. The fourth-order valence-corrected chi connectivity index (χ4v) is 3.29. The maximum absolute atomic E-state index is 12.7. The molecule has 5 heteroatoms. The first-order valence-electron chi connectivity index (χ1n) is 9.46. The van der Waals surface area contributed by atoms with Gasteiger partial charge in [0.25, 0.3) is 0 Å². The third-order valence-corrected chi connectivity index (χ3v) is 4.98. The van der Waals surface area contributed by atoms with E-state index in [4.69, 9.17) is 0 Å². The second kappa shape index (κ2) is 8.25. The van der Waals surface area contributed by atoms with Crippen LogP contribution in [0.5, 0.6) is 0 Å². The molecule has 1 N–H and O–H groups in total. The van der Waals surface area contributed by atoms with Crippen molar-refractivity contribution in [3.63, 3.8) is 0 Å². The fourth-order valence-electron chi connectivity index (χ4n) is 3.29. The van der Waals surface area contributed by atoms with Gasteiger partial charge in [-0.05, 0) is 36.1 Å². The minimum absolute atomic E-state index is 0.0799. The van der Waals surface area contributed by atoms with Gasteiger partial charge in [-0.3, -0.25) is 9.69 Å². The minimum atomic E-state index is -0.142. The first kappa shape index (κ1) is 19.0. The molecule has 0 spiro atoms. The van der Waals surface area contributed by atoms with E-state index in [1.807, 2.05) is 49.4 Å². The molecule has 3 rings (SSSR count). The van der Waals surface area contributed by atoms with Gasteiger partial charge >= 0.3 is 6.03 Å². The first-order valence-corrected chi connectivity index (χ1v) is 9.46. The molecule has 27 heavy (non-hydrogen) atoms. The molecule has 0 aromatic heterocycles. The molecule has 0 bridgehead atoms. The van der Waals surface area contributed by atoms with Crippen molar-refractivity contribution in [3.8, 4) is 0 Å².